The minimum Gasteiger partial charge on any atom is -0.457 e. The van der Waals surface area contributed by atoms with E-state index in [9.17, 15) is 0 Å². The number of para-hydroxylation sites is 2. The lowest BCUT2D eigenvalue weighted by atomic mass is 9.61. The van der Waals surface area contributed by atoms with Crippen molar-refractivity contribution in [2.45, 2.75) is 18.6 Å². The van der Waals surface area contributed by atoms with E-state index < -0.39 is 13.9 Å². The van der Waals surface area contributed by atoms with Gasteiger partial charge >= 0.3 is 8.53 Å². The van der Waals surface area contributed by atoms with Crippen molar-refractivity contribution in [2.24, 2.45) is 0 Å². The molecule has 0 saturated carbocycles. The van der Waals surface area contributed by atoms with Gasteiger partial charge in [0.1, 0.15) is 28.7 Å². The van der Waals surface area contributed by atoms with E-state index in [1.807, 2.05) is 54.6 Å². The van der Waals surface area contributed by atoms with Crippen molar-refractivity contribution in [1.29, 1.82) is 0 Å². The van der Waals surface area contributed by atoms with Gasteiger partial charge in [0.15, 0.2) is 0 Å². The predicted molar refractivity (Wildman–Crippen MR) is 155 cm³/mol. The smallest absolute Gasteiger partial charge is 0.321 e. The van der Waals surface area contributed by atoms with Crippen LogP contribution in [0.5, 0.6) is 28.7 Å². The maximum Gasteiger partial charge on any atom is 0.321 e. The quantitative estimate of drug-likeness (QED) is 0.209. The molecular weight excluding hydrogens is 517 g/mol. The molecule has 40 heavy (non-hydrogen) atoms. The number of hydrogen-bond acceptors (Lipinski definition) is 5. The zero-order chi connectivity index (χ0) is 26.7. The lowest BCUT2D eigenvalue weighted by Crippen LogP contribution is -2.38. The van der Waals surface area contributed by atoms with Crippen LogP contribution in [0, 0.1) is 0 Å². The van der Waals surface area contributed by atoms with Crippen LogP contribution in [0.3, 0.4) is 0 Å². The standard InChI is InChI=1S/C34H26NO4P/c1-35(21-23-11-3-2-4-12-23)40-36-22-24-13-9-18-29-32(24)34(25-14-5-7-16-27(25)37-29)26-15-6-8-17-28(26)38-30-19-10-20-31(39-40)33(30)34/h2-20H,21-22H2,1H3/t34-,40?/m0/s1. The lowest BCUT2D eigenvalue weighted by Gasteiger charge is -2.45. The van der Waals surface area contributed by atoms with Gasteiger partial charge in [-0.3, -0.25) is 0 Å². The Morgan fingerprint density at radius 3 is 1.93 bits per heavy atom. The van der Waals surface area contributed by atoms with E-state index in [-0.39, 0.29) is 0 Å². The summed E-state index contributed by atoms with van der Waals surface area (Å²) in [6.07, 6.45) is 0. The molecule has 0 saturated heterocycles. The van der Waals surface area contributed by atoms with Gasteiger partial charge in [-0.15, -0.1) is 0 Å². The average Bonchev–Trinajstić information content (AvgIpc) is 3.05. The molecule has 0 N–H and O–H groups in total. The first kappa shape index (κ1) is 23.7. The molecule has 3 aliphatic heterocycles. The first-order valence-corrected chi connectivity index (χ1v) is 14.5. The zero-order valence-corrected chi connectivity index (χ0v) is 22.8. The first-order valence-electron chi connectivity index (χ1n) is 13.4. The number of fused-ring (bicyclic) bond motifs is 2. The molecule has 0 aliphatic carbocycles. The molecule has 2 atom stereocenters. The van der Waals surface area contributed by atoms with Gasteiger partial charge in [0.2, 0.25) is 0 Å². The second kappa shape index (κ2) is 9.21. The number of rotatable bonds is 3. The first-order chi connectivity index (χ1) is 19.7. The summed E-state index contributed by atoms with van der Waals surface area (Å²) in [7, 11) is 0.599. The van der Waals surface area contributed by atoms with E-state index >= 15 is 0 Å². The largest absolute Gasteiger partial charge is 0.457 e. The molecule has 1 spiro atoms. The topological polar surface area (TPSA) is 40.2 Å². The Kier molecular flexibility index (Phi) is 5.46. The third-order valence-electron chi connectivity index (χ3n) is 7.91. The van der Waals surface area contributed by atoms with Crippen molar-refractivity contribution in [2.75, 3.05) is 7.05 Å². The van der Waals surface area contributed by atoms with Crippen molar-refractivity contribution in [1.82, 2.24) is 4.67 Å². The highest BCUT2D eigenvalue weighted by molar-refractivity contribution is 7.44. The summed E-state index contributed by atoms with van der Waals surface area (Å²) in [6, 6.07) is 39.4. The van der Waals surface area contributed by atoms with Crippen LogP contribution in [0.1, 0.15) is 33.4 Å². The Morgan fingerprint density at radius 1 is 0.625 bits per heavy atom. The Balaban J connectivity index is 1.41. The molecule has 3 aliphatic rings. The van der Waals surface area contributed by atoms with E-state index in [0.29, 0.717) is 13.2 Å². The second-order valence-corrected chi connectivity index (χ2v) is 11.9. The highest BCUT2D eigenvalue weighted by atomic mass is 31.2. The van der Waals surface area contributed by atoms with Gasteiger partial charge in [-0.25, -0.2) is 4.67 Å². The van der Waals surface area contributed by atoms with E-state index in [4.69, 9.17) is 18.5 Å². The number of hydrogen-bond donors (Lipinski definition) is 0. The number of nitrogens with zero attached hydrogens (tertiary/aromatic N) is 1. The molecule has 5 aromatic rings. The summed E-state index contributed by atoms with van der Waals surface area (Å²) in [5, 5.41) is 0. The molecule has 0 radical (unpaired) electrons. The number of ether oxygens (including phenoxy) is 2. The van der Waals surface area contributed by atoms with Crippen LogP contribution in [0.2, 0.25) is 0 Å². The Bertz CT molecular complexity index is 1720. The summed E-state index contributed by atoms with van der Waals surface area (Å²) in [5.74, 6) is 4.00. The summed E-state index contributed by atoms with van der Waals surface area (Å²) in [6.45, 7) is 1.08. The fourth-order valence-corrected chi connectivity index (χ4v) is 7.57. The molecule has 0 amide bonds. The Morgan fingerprint density at radius 2 is 1.20 bits per heavy atom. The molecule has 1 unspecified atom stereocenters. The second-order valence-electron chi connectivity index (χ2n) is 10.3. The fourth-order valence-electron chi connectivity index (χ4n) is 6.33. The summed E-state index contributed by atoms with van der Waals surface area (Å²) in [5.41, 5.74) is 5.72. The van der Waals surface area contributed by atoms with Gasteiger partial charge in [0, 0.05) is 23.2 Å². The van der Waals surface area contributed by atoms with Crippen LogP contribution < -0.4 is 14.0 Å². The van der Waals surface area contributed by atoms with Gasteiger partial charge in [-0.2, -0.15) is 0 Å². The molecule has 5 aromatic carbocycles. The highest BCUT2D eigenvalue weighted by Crippen LogP contribution is 2.65. The van der Waals surface area contributed by atoms with Crippen molar-refractivity contribution in [3.8, 4) is 28.7 Å². The molecule has 196 valence electrons. The minimum atomic E-state index is -1.45. The molecular formula is C34H26NO4P. The molecule has 3 heterocycles. The van der Waals surface area contributed by atoms with Crippen LogP contribution in [0.4, 0.5) is 0 Å². The van der Waals surface area contributed by atoms with E-state index in [0.717, 1.165) is 56.6 Å². The van der Waals surface area contributed by atoms with Crippen LogP contribution in [-0.2, 0) is 23.1 Å². The molecule has 8 rings (SSSR count). The van der Waals surface area contributed by atoms with Gasteiger partial charge < -0.3 is 18.5 Å². The van der Waals surface area contributed by atoms with Crippen molar-refractivity contribution in [3.63, 3.8) is 0 Å². The Labute approximate surface area is 234 Å². The Hall–Kier alpha value is -4.15. The van der Waals surface area contributed by atoms with Crippen LogP contribution in [-0.4, -0.2) is 11.7 Å². The third kappa shape index (κ3) is 3.45. The van der Waals surface area contributed by atoms with E-state index in [1.165, 1.54) is 5.56 Å². The zero-order valence-electron chi connectivity index (χ0n) is 21.9. The third-order valence-corrected chi connectivity index (χ3v) is 9.31. The highest BCUT2D eigenvalue weighted by Gasteiger charge is 2.54. The van der Waals surface area contributed by atoms with Gasteiger partial charge in [-0.1, -0.05) is 84.9 Å². The molecule has 0 aromatic heterocycles. The normalized spacial score (nSPS) is 19.7. The predicted octanol–water partition coefficient (Wildman–Crippen LogP) is 8.55. The summed E-state index contributed by atoms with van der Waals surface area (Å²) >= 11 is 0. The maximum atomic E-state index is 6.90. The molecule has 6 heteroatoms. The molecule has 0 bridgehead atoms. The summed E-state index contributed by atoms with van der Waals surface area (Å²) < 4.78 is 28.9. The summed E-state index contributed by atoms with van der Waals surface area (Å²) in [4.78, 5) is 0. The van der Waals surface area contributed by atoms with Crippen molar-refractivity contribution in [3.05, 3.63) is 149 Å². The SMILES string of the molecule is CN(Cc1ccccc1)P1OCc2cccc3c2[C@]2(c4ccccc4O3)c3ccccc3Oc3cccc(c32)O1. The number of benzene rings is 5. The van der Waals surface area contributed by atoms with Crippen LogP contribution in [0.15, 0.2) is 115 Å². The van der Waals surface area contributed by atoms with Crippen molar-refractivity contribution < 1.29 is 18.5 Å². The maximum absolute atomic E-state index is 6.90. The van der Waals surface area contributed by atoms with Crippen molar-refractivity contribution >= 4 is 8.53 Å². The van der Waals surface area contributed by atoms with Gasteiger partial charge in [0.05, 0.1) is 17.6 Å². The average molecular weight is 544 g/mol. The minimum absolute atomic E-state index is 0.383. The van der Waals surface area contributed by atoms with Gasteiger partial charge in [-0.05, 0) is 48.5 Å². The van der Waals surface area contributed by atoms with E-state index in [1.54, 1.807) is 0 Å². The van der Waals surface area contributed by atoms with Crippen LogP contribution in [0.25, 0.3) is 0 Å². The lowest BCUT2D eigenvalue weighted by molar-refractivity contribution is 0.260. The van der Waals surface area contributed by atoms with Gasteiger partial charge in [0.25, 0.3) is 0 Å². The van der Waals surface area contributed by atoms with E-state index in [2.05, 4.69) is 72.4 Å². The fraction of sp³-hybridized carbons (Fsp3) is 0.118. The monoisotopic (exact) mass is 543 g/mol. The molecule has 5 nitrogen and oxygen atoms in total. The molecule has 0 fully saturated rings. The van der Waals surface area contributed by atoms with Crippen LogP contribution >= 0.6 is 8.53 Å².